The Kier molecular flexibility index (Phi) is 6.07. The van der Waals surface area contributed by atoms with Crippen molar-refractivity contribution >= 4 is 23.2 Å². The first kappa shape index (κ1) is 21.0. The lowest BCUT2D eigenvalue weighted by atomic mass is 10.1. The molecule has 4 aromatic rings. The summed E-state index contributed by atoms with van der Waals surface area (Å²) in [6.45, 7) is 4.03. The molecule has 2 heterocycles. The summed E-state index contributed by atoms with van der Waals surface area (Å²) in [6.07, 6.45) is 1.68. The summed E-state index contributed by atoms with van der Waals surface area (Å²) in [5.74, 6) is 0.231. The van der Waals surface area contributed by atoms with Crippen LogP contribution in [-0.2, 0) is 6.54 Å². The van der Waals surface area contributed by atoms with Crippen LogP contribution in [0.5, 0.6) is 5.75 Å². The van der Waals surface area contributed by atoms with Crippen molar-refractivity contribution in [2.75, 3.05) is 10.2 Å². The standard InChI is InChI=1S/C25H23N5O2/c1-17-14-18(2)28-25(27-17)29-20-10-7-8-19(15-20)24(32)30(16-21-9-5-6-13-26-21)22-11-3-4-12-23(22)31/h3-15,31H,16H2,1-2H3,(H,27,28,29). The van der Waals surface area contributed by atoms with Gasteiger partial charge in [-0.1, -0.05) is 24.3 Å². The van der Waals surface area contributed by atoms with E-state index in [0.717, 1.165) is 11.4 Å². The van der Waals surface area contributed by atoms with E-state index >= 15 is 0 Å². The van der Waals surface area contributed by atoms with Crippen molar-refractivity contribution in [3.05, 3.63) is 102 Å². The zero-order chi connectivity index (χ0) is 22.5. The Bertz CT molecular complexity index is 1220. The molecule has 32 heavy (non-hydrogen) atoms. The number of amides is 1. The van der Waals surface area contributed by atoms with Crippen LogP contribution in [0, 0.1) is 13.8 Å². The fourth-order valence-electron chi connectivity index (χ4n) is 3.41. The van der Waals surface area contributed by atoms with E-state index in [-0.39, 0.29) is 18.2 Å². The number of carbonyl (C=O) groups excluding carboxylic acids is 1. The Morgan fingerprint density at radius 3 is 2.41 bits per heavy atom. The van der Waals surface area contributed by atoms with Crippen LogP contribution >= 0.6 is 0 Å². The normalized spacial score (nSPS) is 10.6. The number of hydrogen-bond donors (Lipinski definition) is 2. The summed E-state index contributed by atoms with van der Waals surface area (Å²) in [5, 5.41) is 13.6. The van der Waals surface area contributed by atoms with Crippen molar-refractivity contribution in [3.63, 3.8) is 0 Å². The van der Waals surface area contributed by atoms with E-state index in [2.05, 4.69) is 20.3 Å². The van der Waals surface area contributed by atoms with Gasteiger partial charge in [-0.3, -0.25) is 14.7 Å². The fourth-order valence-corrected chi connectivity index (χ4v) is 3.41. The Morgan fingerprint density at radius 2 is 1.69 bits per heavy atom. The molecule has 0 saturated heterocycles. The topological polar surface area (TPSA) is 91.2 Å². The third-order valence-electron chi connectivity index (χ3n) is 4.81. The number of nitrogens with one attached hydrogen (secondary N) is 1. The van der Waals surface area contributed by atoms with Gasteiger partial charge in [0.25, 0.3) is 5.91 Å². The molecule has 0 aliphatic heterocycles. The number of pyridine rings is 1. The Labute approximate surface area is 186 Å². The van der Waals surface area contributed by atoms with Gasteiger partial charge in [0.15, 0.2) is 0 Å². The molecule has 2 aromatic heterocycles. The van der Waals surface area contributed by atoms with Crippen molar-refractivity contribution in [1.82, 2.24) is 15.0 Å². The molecule has 7 heteroatoms. The van der Waals surface area contributed by atoms with Crippen LogP contribution in [0.25, 0.3) is 0 Å². The van der Waals surface area contributed by atoms with Crippen molar-refractivity contribution in [2.24, 2.45) is 0 Å². The van der Waals surface area contributed by atoms with Gasteiger partial charge in [0, 0.05) is 28.8 Å². The monoisotopic (exact) mass is 425 g/mol. The molecule has 0 radical (unpaired) electrons. The van der Waals surface area contributed by atoms with Gasteiger partial charge in [-0.05, 0) is 62.4 Å². The van der Waals surface area contributed by atoms with E-state index < -0.39 is 0 Å². The minimum Gasteiger partial charge on any atom is -0.506 e. The lowest BCUT2D eigenvalue weighted by Gasteiger charge is -2.23. The summed E-state index contributed by atoms with van der Waals surface area (Å²) < 4.78 is 0. The van der Waals surface area contributed by atoms with Gasteiger partial charge in [0.1, 0.15) is 5.75 Å². The molecule has 2 aromatic carbocycles. The average Bonchev–Trinajstić information content (AvgIpc) is 2.78. The maximum atomic E-state index is 13.5. The maximum absolute atomic E-state index is 13.5. The molecule has 0 fully saturated rings. The molecule has 1 amide bonds. The van der Waals surface area contributed by atoms with Gasteiger partial charge < -0.3 is 10.4 Å². The number of benzene rings is 2. The van der Waals surface area contributed by atoms with Gasteiger partial charge in [0.2, 0.25) is 5.95 Å². The van der Waals surface area contributed by atoms with Gasteiger partial charge in [-0.25, -0.2) is 9.97 Å². The molecule has 0 unspecified atom stereocenters. The van der Waals surface area contributed by atoms with E-state index in [0.29, 0.717) is 28.6 Å². The predicted octanol–water partition coefficient (Wildman–Crippen LogP) is 4.78. The van der Waals surface area contributed by atoms with Crippen molar-refractivity contribution in [3.8, 4) is 5.75 Å². The van der Waals surface area contributed by atoms with E-state index in [9.17, 15) is 9.90 Å². The second kappa shape index (κ2) is 9.26. The highest BCUT2D eigenvalue weighted by Crippen LogP contribution is 2.29. The van der Waals surface area contributed by atoms with E-state index in [1.807, 2.05) is 44.2 Å². The number of aromatic nitrogens is 3. The Morgan fingerprint density at radius 1 is 0.938 bits per heavy atom. The predicted molar refractivity (Wildman–Crippen MR) is 124 cm³/mol. The average molecular weight is 425 g/mol. The summed E-state index contributed by atoms with van der Waals surface area (Å²) in [6, 6.07) is 21.3. The number of phenols is 1. The number of aromatic hydroxyl groups is 1. The molecule has 2 N–H and O–H groups in total. The quantitative estimate of drug-likeness (QED) is 0.462. The van der Waals surface area contributed by atoms with Crippen LogP contribution < -0.4 is 10.2 Å². The highest BCUT2D eigenvalue weighted by atomic mass is 16.3. The van der Waals surface area contributed by atoms with Gasteiger partial charge in [-0.15, -0.1) is 0 Å². The van der Waals surface area contributed by atoms with Crippen LogP contribution in [0.1, 0.15) is 27.4 Å². The van der Waals surface area contributed by atoms with Gasteiger partial charge >= 0.3 is 0 Å². The van der Waals surface area contributed by atoms with Crippen molar-refractivity contribution < 1.29 is 9.90 Å². The largest absolute Gasteiger partial charge is 0.506 e. The number of nitrogens with zero attached hydrogens (tertiary/aromatic N) is 4. The van der Waals surface area contributed by atoms with Crippen LogP contribution in [0.4, 0.5) is 17.3 Å². The third-order valence-corrected chi connectivity index (χ3v) is 4.81. The number of carbonyl (C=O) groups is 1. The number of phenolic OH excluding ortho intramolecular Hbond substituents is 1. The van der Waals surface area contributed by atoms with E-state index in [1.54, 1.807) is 48.7 Å². The first-order valence-electron chi connectivity index (χ1n) is 10.2. The van der Waals surface area contributed by atoms with Gasteiger partial charge in [-0.2, -0.15) is 0 Å². The zero-order valence-corrected chi connectivity index (χ0v) is 17.9. The third kappa shape index (κ3) is 4.89. The molecular formula is C25H23N5O2. The van der Waals surface area contributed by atoms with Crippen LogP contribution in [0.15, 0.2) is 79.0 Å². The molecule has 0 atom stereocenters. The van der Waals surface area contributed by atoms with Crippen LogP contribution in [-0.4, -0.2) is 26.0 Å². The Balaban J connectivity index is 1.66. The molecular weight excluding hydrogens is 402 g/mol. The second-order valence-electron chi connectivity index (χ2n) is 7.38. The molecule has 4 rings (SSSR count). The maximum Gasteiger partial charge on any atom is 0.258 e. The molecule has 7 nitrogen and oxygen atoms in total. The highest BCUT2D eigenvalue weighted by Gasteiger charge is 2.21. The van der Waals surface area contributed by atoms with Crippen LogP contribution in [0.3, 0.4) is 0 Å². The Hall–Kier alpha value is -4.26. The lowest BCUT2D eigenvalue weighted by molar-refractivity contribution is 0.0984. The molecule has 0 bridgehead atoms. The number of anilines is 3. The van der Waals surface area contributed by atoms with E-state index in [1.165, 1.54) is 4.90 Å². The van der Waals surface area contributed by atoms with Crippen LogP contribution in [0.2, 0.25) is 0 Å². The number of rotatable bonds is 6. The summed E-state index contributed by atoms with van der Waals surface area (Å²) >= 11 is 0. The van der Waals surface area contributed by atoms with E-state index in [4.69, 9.17) is 0 Å². The smallest absolute Gasteiger partial charge is 0.258 e. The fraction of sp³-hybridized carbons (Fsp3) is 0.120. The number of para-hydroxylation sites is 2. The van der Waals surface area contributed by atoms with Crippen molar-refractivity contribution in [1.29, 1.82) is 0 Å². The molecule has 0 saturated carbocycles. The minimum atomic E-state index is -0.262. The zero-order valence-electron chi connectivity index (χ0n) is 17.9. The molecule has 0 aliphatic rings. The lowest BCUT2D eigenvalue weighted by Crippen LogP contribution is -2.30. The second-order valence-corrected chi connectivity index (χ2v) is 7.38. The number of aryl methyl sites for hydroxylation is 2. The summed E-state index contributed by atoms with van der Waals surface area (Å²) in [5.41, 5.74) is 3.98. The first-order chi connectivity index (χ1) is 15.5. The van der Waals surface area contributed by atoms with Crippen molar-refractivity contribution in [2.45, 2.75) is 20.4 Å². The van der Waals surface area contributed by atoms with Gasteiger partial charge in [0.05, 0.1) is 17.9 Å². The SMILES string of the molecule is Cc1cc(C)nc(Nc2cccc(C(=O)N(Cc3ccccn3)c3ccccc3O)c2)n1. The molecule has 0 spiro atoms. The first-order valence-corrected chi connectivity index (χ1v) is 10.2. The summed E-state index contributed by atoms with van der Waals surface area (Å²) in [4.78, 5) is 28.2. The highest BCUT2D eigenvalue weighted by molar-refractivity contribution is 6.07. The molecule has 0 aliphatic carbocycles. The summed E-state index contributed by atoms with van der Waals surface area (Å²) in [7, 11) is 0. The number of hydrogen-bond acceptors (Lipinski definition) is 6. The molecule has 160 valence electrons. The minimum absolute atomic E-state index is 0.0229.